The maximum atomic E-state index is 8.96. The van der Waals surface area contributed by atoms with Gasteiger partial charge in [-0.1, -0.05) is 38.1 Å². The Morgan fingerprint density at radius 2 is 1.85 bits per heavy atom. The van der Waals surface area contributed by atoms with Gasteiger partial charge in [-0.15, -0.1) is 0 Å². The fraction of sp³-hybridized carbons (Fsp3) is 0.444. The lowest BCUT2D eigenvalue weighted by Gasteiger charge is -2.07. The van der Waals surface area contributed by atoms with Gasteiger partial charge in [0, 0.05) is 23.6 Å². The molecule has 1 heterocycles. The van der Waals surface area contributed by atoms with Crippen LogP contribution in [0.2, 0.25) is 0 Å². The lowest BCUT2D eigenvalue weighted by Crippen LogP contribution is -1.93. The molecule has 2 aromatic rings. The van der Waals surface area contributed by atoms with E-state index in [2.05, 4.69) is 56.1 Å². The molecular formula is C18H25NO. The number of unbranched alkanes of at least 4 members (excludes halogenated alkanes) is 1. The number of nitrogens with one attached hydrogen (secondary N) is 1. The first-order valence-electron chi connectivity index (χ1n) is 7.52. The minimum Gasteiger partial charge on any atom is -0.396 e. The van der Waals surface area contributed by atoms with Crippen LogP contribution in [0.1, 0.15) is 49.6 Å². The van der Waals surface area contributed by atoms with Crippen molar-refractivity contribution < 1.29 is 5.11 Å². The van der Waals surface area contributed by atoms with Crippen molar-refractivity contribution in [3.05, 3.63) is 47.3 Å². The van der Waals surface area contributed by atoms with Crippen molar-refractivity contribution in [3.63, 3.8) is 0 Å². The molecule has 0 aliphatic heterocycles. The van der Waals surface area contributed by atoms with E-state index in [4.69, 9.17) is 5.11 Å². The summed E-state index contributed by atoms with van der Waals surface area (Å²) in [5, 5.41) is 8.96. The van der Waals surface area contributed by atoms with E-state index < -0.39 is 0 Å². The molecule has 20 heavy (non-hydrogen) atoms. The first kappa shape index (κ1) is 14.9. The second kappa shape index (κ2) is 6.76. The highest BCUT2D eigenvalue weighted by Gasteiger charge is 2.13. The molecule has 0 amide bonds. The number of H-pyrrole nitrogens is 1. The van der Waals surface area contributed by atoms with E-state index in [0.29, 0.717) is 5.92 Å². The summed E-state index contributed by atoms with van der Waals surface area (Å²) < 4.78 is 0. The summed E-state index contributed by atoms with van der Waals surface area (Å²) in [5.74, 6) is 0.504. The van der Waals surface area contributed by atoms with Crippen LogP contribution in [-0.4, -0.2) is 16.7 Å². The average molecular weight is 271 g/mol. The highest BCUT2D eigenvalue weighted by Crippen LogP contribution is 2.31. The second-order valence-electron chi connectivity index (χ2n) is 5.77. The third kappa shape index (κ3) is 3.31. The van der Waals surface area contributed by atoms with Gasteiger partial charge in [-0.05, 0) is 49.3 Å². The number of aryl methyl sites for hydroxylation is 2. The van der Waals surface area contributed by atoms with Crippen molar-refractivity contribution in [1.29, 1.82) is 0 Å². The third-order valence-corrected chi connectivity index (χ3v) is 3.81. The Kier molecular flexibility index (Phi) is 5.02. The van der Waals surface area contributed by atoms with Crippen molar-refractivity contribution in [2.45, 2.75) is 46.0 Å². The molecule has 0 radical (unpaired) electrons. The number of aliphatic hydroxyl groups excluding tert-OH is 1. The third-order valence-electron chi connectivity index (χ3n) is 3.81. The minimum absolute atomic E-state index is 0.275. The highest BCUT2D eigenvalue weighted by atomic mass is 16.2. The van der Waals surface area contributed by atoms with E-state index in [1.54, 1.807) is 0 Å². The quantitative estimate of drug-likeness (QED) is 0.749. The van der Waals surface area contributed by atoms with Crippen LogP contribution in [0.4, 0.5) is 0 Å². The standard InChI is InChI=1S/C18H25NO/c1-13(2)18-12-16(15-9-5-4-8-14(15)3)17(19-18)10-6-7-11-20/h4-5,8-9,12-13,19-20H,6-7,10-11H2,1-3H3. The van der Waals surface area contributed by atoms with Gasteiger partial charge in [-0.3, -0.25) is 0 Å². The smallest absolute Gasteiger partial charge is 0.0431 e. The molecule has 0 saturated carbocycles. The molecule has 0 fully saturated rings. The number of rotatable bonds is 6. The van der Waals surface area contributed by atoms with Crippen LogP contribution in [0, 0.1) is 6.92 Å². The first-order chi connectivity index (χ1) is 9.63. The number of aliphatic hydroxyl groups is 1. The van der Waals surface area contributed by atoms with Gasteiger partial charge in [0.15, 0.2) is 0 Å². The second-order valence-corrected chi connectivity index (χ2v) is 5.77. The SMILES string of the molecule is Cc1ccccc1-c1cc(C(C)C)[nH]c1CCCCO. The van der Waals surface area contributed by atoms with Crippen LogP contribution < -0.4 is 0 Å². The molecule has 0 bridgehead atoms. The molecule has 1 aromatic heterocycles. The van der Waals surface area contributed by atoms with Crippen molar-refractivity contribution >= 4 is 0 Å². The maximum Gasteiger partial charge on any atom is 0.0431 e. The molecular weight excluding hydrogens is 246 g/mol. The molecule has 108 valence electrons. The Morgan fingerprint density at radius 1 is 1.10 bits per heavy atom. The van der Waals surface area contributed by atoms with Crippen LogP contribution in [0.3, 0.4) is 0 Å². The molecule has 0 saturated heterocycles. The van der Waals surface area contributed by atoms with E-state index >= 15 is 0 Å². The van der Waals surface area contributed by atoms with Gasteiger partial charge in [0.1, 0.15) is 0 Å². The van der Waals surface area contributed by atoms with Crippen LogP contribution in [0.25, 0.3) is 11.1 Å². The van der Waals surface area contributed by atoms with Crippen molar-refractivity contribution in [2.24, 2.45) is 0 Å². The molecule has 0 aliphatic rings. The van der Waals surface area contributed by atoms with Gasteiger partial charge in [0.25, 0.3) is 0 Å². The van der Waals surface area contributed by atoms with E-state index in [1.807, 2.05) is 0 Å². The van der Waals surface area contributed by atoms with Crippen LogP contribution in [-0.2, 0) is 6.42 Å². The van der Waals surface area contributed by atoms with Gasteiger partial charge >= 0.3 is 0 Å². The average Bonchev–Trinajstić information content (AvgIpc) is 2.84. The predicted molar refractivity (Wildman–Crippen MR) is 85.1 cm³/mol. The summed E-state index contributed by atoms with van der Waals surface area (Å²) in [5.41, 5.74) is 6.54. The number of benzene rings is 1. The summed E-state index contributed by atoms with van der Waals surface area (Å²) in [6.07, 6.45) is 2.88. The predicted octanol–water partition coefficient (Wildman–Crippen LogP) is 4.43. The van der Waals surface area contributed by atoms with E-state index in [1.165, 1.54) is 28.1 Å². The Morgan fingerprint density at radius 3 is 2.50 bits per heavy atom. The summed E-state index contributed by atoms with van der Waals surface area (Å²) in [4.78, 5) is 3.58. The van der Waals surface area contributed by atoms with Gasteiger partial charge in [-0.2, -0.15) is 0 Å². The molecule has 0 aliphatic carbocycles. The Labute approximate surface area is 121 Å². The zero-order chi connectivity index (χ0) is 14.5. The summed E-state index contributed by atoms with van der Waals surface area (Å²) in [6, 6.07) is 10.8. The number of aromatic amines is 1. The monoisotopic (exact) mass is 271 g/mol. The largest absolute Gasteiger partial charge is 0.396 e. The molecule has 1 aromatic carbocycles. The summed E-state index contributed by atoms with van der Waals surface area (Å²) >= 11 is 0. The van der Waals surface area contributed by atoms with Crippen molar-refractivity contribution in [1.82, 2.24) is 4.98 Å². The van der Waals surface area contributed by atoms with Gasteiger partial charge < -0.3 is 10.1 Å². The zero-order valence-electron chi connectivity index (χ0n) is 12.7. The van der Waals surface area contributed by atoms with Crippen molar-refractivity contribution in [3.8, 4) is 11.1 Å². The molecule has 2 N–H and O–H groups in total. The highest BCUT2D eigenvalue weighted by molar-refractivity contribution is 5.70. The lowest BCUT2D eigenvalue weighted by atomic mass is 9.98. The number of hydrogen-bond donors (Lipinski definition) is 2. The first-order valence-corrected chi connectivity index (χ1v) is 7.52. The van der Waals surface area contributed by atoms with Gasteiger partial charge in [-0.25, -0.2) is 0 Å². The summed E-state index contributed by atoms with van der Waals surface area (Å²) in [7, 11) is 0. The molecule has 0 unspecified atom stereocenters. The number of hydrogen-bond acceptors (Lipinski definition) is 1. The van der Waals surface area contributed by atoms with Crippen molar-refractivity contribution in [2.75, 3.05) is 6.61 Å². The molecule has 2 heteroatoms. The summed E-state index contributed by atoms with van der Waals surface area (Å²) in [6.45, 7) is 6.86. The molecule has 2 nitrogen and oxygen atoms in total. The zero-order valence-corrected chi connectivity index (χ0v) is 12.7. The maximum absolute atomic E-state index is 8.96. The van der Waals surface area contributed by atoms with E-state index in [-0.39, 0.29) is 6.61 Å². The Bertz CT molecular complexity index is 554. The van der Waals surface area contributed by atoms with Gasteiger partial charge in [0.2, 0.25) is 0 Å². The topological polar surface area (TPSA) is 36.0 Å². The molecule has 0 spiro atoms. The van der Waals surface area contributed by atoms with Crippen LogP contribution >= 0.6 is 0 Å². The van der Waals surface area contributed by atoms with Gasteiger partial charge in [0.05, 0.1) is 0 Å². The lowest BCUT2D eigenvalue weighted by molar-refractivity contribution is 0.284. The minimum atomic E-state index is 0.275. The molecule has 2 rings (SSSR count). The van der Waals surface area contributed by atoms with E-state index in [0.717, 1.165) is 19.3 Å². The fourth-order valence-electron chi connectivity index (χ4n) is 2.56. The Hall–Kier alpha value is -1.54. The number of aromatic nitrogens is 1. The normalized spacial score (nSPS) is 11.2. The molecule has 0 atom stereocenters. The fourth-order valence-corrected chi connectivity index (χ4v) is 2.56. The van der Waals surface area contributed by atoms with E-state index in [9.17, 15) is 0 Å². The Balaban J connectivity index is 2.37. The van der Waals surface area contributed by atoms with Crippen LogP contribution in [0.15, 0.2) is 30.3 Å². The van der Waals surface area contributed by atoms with Crippen LogP contribution in [0.5, 0.6) is 0 Å².